The molecule has 2 heterocycles. The van der Waals surface area contributed by atoms with Gasteiger partial charge < -0.3 is 22.6 Å². The van der Waals surface area contributed by atoms with Gasteiger partial charge in [-0.25, -0.2) is 11.3 Å². The van der Waals surface area contributed by atoms with Crippen LogP contribution in [0.15, 0.2) is 48.7 Å². The molecule has 1 aromatic carbocycles. The van der Waals surface area contributed by atoms with Gasteiger partial charge in [-0.3, -0.25) is 0 Å². The largest absolute Gasteiger partial charge is 2.00 e. The normalized spacial score (nSPS) is 12.2. The zero-order valence-electron chi connectivity index (χ0n) is 14.0. The molecule has 0 saturated carbocycles. The number of fused-ring (bicyclic) bond motifs is 1. The van der Waals surface area contributed by atoms with Crippen LogP contribution >= 0.6 is 11.3 Å². The van der Waals surface area contributed by atoms with Gasteiger partial charge in [-0.05, 0) is 35.9 Å². The van der Waals surface area contributed by atoms with Crippen molar-refractivity contribution >= 4 is 21.4 Å². The van der Waals surface area contributed by atoms with Crippen LogP contribution in [0.3, 0.4) is 0 Å². The summed E-state index contributed by atoms with van der Waals surface area (Å²) in [6, 6.07) is 17.6. The van der Waals surface area contributed by atoms with Crippen LogP contribution in [0.5, 0.6) is 0 Å². The molecule has 3 nitrogen and oxygen atoms in total. The van der Waals surface area contributed by atoms with E-state index in [0.29, 0.717) is 6.42 Å². The average molecular weight is 436 g/mol. The van der Waals surface area contributed by atoms with Gasteiger partial charge in [0.15, 0.2) is 0 Å². The topological polar surface area (TPSA) is 53.4 Å². The third-order valence-electron chi connectivity index (χ3n) is 2.93. The van der Waals surface area contributed by atoms with Crippen LogP contribution in [0.25, 0.3) is 20.7 Å². The number of rotatable bonds is 3. The van der Waals surface area contributed by atoms with Crippen LogP contribution in [0, 0.1) is 13.5 Å². The van der Waals surface area contributed by atoms with E-state index in [9.17, 15) is 0 Å². The number of aromatic nitrogens is 1. The number of hydrogen-bond acceptors (Lipinski definition) is 4. The molecule has 0 aliphatic rings. The summed E-state index contributed by atoms with van der Waals surface area (Å²) in [6.45, 7) is 3.32. The molecular formula is C19H23NO2PdS. The fraction of sp³-hybridized carbons (Fsp3) is 0.263. The van der Waals surface area contributed by atoms with Crippen LogP contribution in [0.1, 0.15) is 20.3 Å². The van der Waals surface area contributed by atoms with Crippen molar-refractivity contribution in [3.63, 3.8) is 0 Å². The SMILES string of the molecule is CC(O)CC(C)O.[CH3-].[Pd+2].[c-]1c(-c2ccccn2)sc2ccccc12. The fourth-order valence-corrected chi connectivity index (χ4v) is 3.01. The summed E-state index contributed by atoms with van der Waals surface area (Å²) in [5.41, 5.74) is 0.999. The van der Waals surface area contributed by atoms with Crippen molar-refractivity contribution in [1.82, 2.24) is 4.98 Å². The van der Waals surface area contributed by atoms with Crippen LogP contribution in [-0.2, 0) is 20.4 Å². The van der Waals surface area contributed by atoms with Crippen LogP contribution in [-0.4, -0.2) is 27.4 Å². The Morgan fingerprint density at radius 2 is 1.67 bits per heavy atom. The van der Waals surface area contributed by atoms with E-state index in [0.717, 1.165) is 10.6 Å². The molecule has 2 unspecified atom stereocenters. The Hall–Kier alpha value is -1.09. The zero-order valence-corrected chi connectivity index (χ0v) is 16.4. The average Bonchev–Trinajstić information content (AvgIpc) is 2.91. The van der Waals surface area contributed by atoms with Crippen molar-refractivity contribution in [1.29, 1.82) is 0 Å². The van der Waals surface area contributed by atoms with E-state index in [1.165, 1.54) is 10.1 Å². The Morgan fingerprint density at radius 3 is 2.17 bits per heavy atom. The van der Waals surface area contributed by atoms with Gasteiger partial charge >= 0.3 is 20.4 Å². The van der Waals surface area contributed by atoms with E-state index in [-0.39, 0.29) is 40.1 Å². The quantitative estimate of drug-likeness (QED) is 0.475. The Kier molecular flexibility index (Phi) is 10.9. The molecule has 3 aromatic rings. The third kappa shape index (κ3) is 7.21. The first-order chi connectivity index (χ1) is 10.6. The van der Waals surface area contributed by atoms with Gasteiger partial charge in [0.05, 0.1) is 12.2 Å². The second-order valence-corrected chi connectivity index (χ2v) is 6.25. The minimum absolute atomic E-state index is 0. The minimum atomic E-state index is -0.375. The molecule has 2 N–H and O–H groups in total. The molecule has 0 fully saturated rings. The van der Waals surface area contributed by atoms with Crippen molar-refractivity contribution in [2.75, 3.05) is 0 Å². The molecule has 132 valence electrons. The second kappa shape index (κ2) is 11.5. The molecule has 2 aromatic heterocycles. The number of aliphatic hydroxyl groups excluding tert-OH is 2. The van der Waals surface area contributed by atoms with E-state index in [1.807, 2.05) is 30.5 Å². The summed E-state index contributed by atoms with van der Waals surface area (Å²) >= 11 is 1.73. The van der Waals surface area contributed by atoms with Gasteiger partial charge in [0, 0.05) is 11.9 Å². The van der Waals surface area contributed by atoms with E-state index < -0.39 is 0 Å². The second-order valence-electron chi connectivity index (χ2n) is 5.20. The number of nitrogens with zero attached hydrogens (tertiary/aromatic N) is 1. The van der Waals surface area contributed by atoms with Gasteiger partial charge in [-0.15, -0.1) is 23.6 Å². The van der Waals surface area contributed by atoms with Crippen molar-refractivity contribution < 1.29 is 30.6 Å². The molecule has 5 heteroatoms. The Labute approximate surface area is 162 Å². The maximum absolute atomic E-state index is 8.56. The summed E-state index contributed by atoms with van der Waals surface area (Å²) in [7, 11) is 0. The van der Waals surface area contributed by atoms with Gasteiger partial charge in [0.2, 0.25) is 0 Å². The number of benzene rings is 1. The molecule has 0 aliphatic carbocycles. The molecule has 0 aliphatic heterocycles. The minimum Gasteiger partial charge on any atom is -0.393 e. The Bertz CT molecular complexity index is 660. The fourth-order valence-electron chi connectivity index (χ4n) is 2.02. The molecule has 3 rings (SSSR count). The summed E-state index contributed by atoms with van der Waals surface area (Å²) in [4.78, 5) is 5.43. The van der Waals surface area contributed by atoms with E-state index in [1.54, 1.807) is 25.2 Å². The first kappa shape index (κ1) is 22.9. The molecule has 0 spiro atoms. The molecule has 0 saturated heterocycles. The van der Waals surface area contributed by atoms with Crippen LogP contribution < -0.4 is 0 Å². The van der Waals surface area contributed by atoms with Crippen molar-refractivity contribution in [2.45, 2.75) is 32.5 Å². The molecular weight excluding hydrogens is 413 g/mol. The summed E-state index contributed by atoms with van der Waals surface area (Å²) < 4.78 is 1.26. The molecule has 0 radical (unpaired) electrons. The van der Waals surface area contributed by atoms with Gasteiger partial charge in [0.25, 0.3) is 0 Å². The van der Waals surface area contributed by atoms with E-state index >= 15 is 0 Å². The zero-order chi connectivity index (χ0) is 15.9. The van der Waals surface area contributed by atoms with Gasteiger partial charge in [0.1, 0.15) is 0 Å². The summed E-state index contributed by atoms with van der Waals surface area (Å²) in [6.07, 6.45) is 1.54. The van der Waals surface area contributed by atoms with Gasteiger partial charge in [-0.2, -0.15) is 0 Å². The predicted molar refractivity (Wildman–Crippen MR) is 98.3 cm³/mol. The molecule has 24 heavy (non-hydrogen) atoms. The van der Waals surface area contributed by atoms with Crippen molar-refractivity contribution in [3.05, 3.63) is 62.2 Å². The molecule has 0 amide bonds. The Balaban J connectivity index is 0.000000516. The summed E-state index contributed by atoms with van der Waals surface area (Å²) in [5, 5.41) is 18.3. The number of pyridine rings is 1. The smallest absolute Gasteiger partial charge is 0.393 e. The first-order valence-corrected chi connectivity index (χ1v) is 8.06. The number of aliphatic hydroxyl groups is 2. The van der Waals surface area contributed by atoms with Crippen LogP contribution in [0.2, 0.25) is 0 Å². The monoisotopic (exact) mass is 435 g/mol. The standard InChI is InChI=1S/C13H8NS.C5H12O2.CH3.Pd/c1-2-7-12-10(5-1)9-13(15-12)11-6-3-4-8-14-11;1-4(6)3-5(2)7;;/h1-8H;4-7H,3H2,1-2H3;1H3;/q-1;;-1;+2. The first-order valence-electron chi connectivity index (χ1n) is 7.24. The summed E-state index contributed by atoms with van der Waals surface area (Å²) in [5.74, 6) is 0. The maximum atomic E-state index is 8.56. The van der Waals surface area contributed by atoms with Crippen molar-refractivity contribution in [3.8, 4) is 10.6 Å². The van der Waals surface area contributed by atoms with Crippen LogP contribution in [0.4, 0.5) is 0 Å². The molecule has 0 bridgehead atoms. The van der Waals surface area contributed by atoms with Crippen molar-refractivity contribution in [2.24, 2.45) is 0 Å². The molecule has 2 atom stereocenters. The Morgan fingerprint density at radius 1 is 1.04 bits per heavy atom. The van der Waals surface area contributed by atoms with E-state index in [2.05, 4.69) is 29.2 Å². The number of hydrogen-bond donors (Lipinski definition) is 2. The third-order valence-corrected chi connectivity index (χ3v) is 4.02. The number of thiophene rings is 1. The predicted octanol–water partition coefficient (Wildman–Crippen LogP) is 4.35. The van der Waals surface area contributed by atoms with E-state index in [4.69, 9.17) is 10.2 Å². The maximum Gasteiger partial charge on any atom is 2.00 e. The van der Waals surface area contributed by atoms with Gasteiger partial charge in [-0.1, -0.05) is 24.3 Å².